The Balaban J connectivity index is 3.84. The van der Waals surface area contributed by atoms with Crippen molar-refractivity contribution < 1.29 is 9.59 Å². The van der Waals surface area contributed by atoms with Gasteiger partial charge in [0.05, 0.1) is 0 Å². The fraction of sp³-hybridized carbons (Fsp3) is 0.833. The SMILES string of the molecule is CCCCCCCC/C(=C\CCCCCCCC(N)=O)CCCCCCCC/C=C\CCCCCCCC(N)=O. The molecule has 2 amide bonds. The third-order valence-corrected chi connectivity index (χ3v) is 7.99. The number of hydrogen-bond acceptors (Lipinski definition) is 2. The summed E-state index contributed by atoms with van der Waals surface area (Å²) in [5.74, 6) is -0.332. The van der Waals surface area contributed by atoms with Crippen LogP contribution in [-0.4, -0.2) is 11.8 Å². The number of amides is 2. The maximum absolute atomic E-state index is 10.8. The smallest absolute Gasteiger partial charge is 0.217 e. The second kappa shape index (κ2) is 31.9. The summed E-state index contributed by atoms with van der Waals surface area (Å²) in [6, 6.07) is 0. The lowest BCUT2D eigenvalue weighted by atomic mass is 9.97. The first-order valence-electron chi connectivity index (χ1n) is 17.5. The minimum Gasteiger partial charge on any atom is -0.370 e. The van der Waals surface area contributed by atoms with E-state index >= 15 is 0 Å². The van der Waals surface area contributed by atoms with Gasteiger partial charge in [0.1, 0.15) is 0 Å². The molecule has 0 aliphatic rings. The molecule has 0 rings (SSSR count). The number of allylic oxidation sites excluding steroid dienone is 4. The van der Waals surface area contributed by atoms with Gasteiger partial charge in [-0.25, -0.2) is 0 Å². The number of carbonyl (C=O) groups excluding carboxylic acids is 2. The van der Waals surface area contributed by atoms with E-state index in [1.54, 1.807) is 5.57 Å². The van der Waals surface area contributed by atoms with Crippen LogP contribution in [0.3, 0.4) is 0 Å². The van der Waals surface area contributed by atoms with Crippen LogP contribution in [0.1, 0.15) is 193 Å². The number of primary amides is 2. The van der Waals surface area contributed by atoms with E-state index in [2.05, 4.69) is 25.2 Å². The van der Waals surface area contributed by atoms with Crippen LogP contribution in [0.15, 0.2) is 23.8 Å². The Morgan fingerprint density at radius 2 is 0.750 bits per heavy atom. The molecule has 234 valence electrons. The van der Waals surface area contributed by atoms with Crippen LogP contribution in [0.4, 0.5) is 0 Å². The Hall–Kier alpha value is -1.58. The molecule has 0 fully saturated rings. The summed E-state index contributed by atoms with van der Waals surface area (Å²) >= 11 is 0. The Bertz CT molecular complexity index is 626. The molecule has 0 bridgehead atoms. The molecular weight excluding hydrogens is 492 g/mol. The summed E-state index contributed by atoms with van der Waals surface area (Å²) in [7, 11) is 0. The van der Waals surface area contributed by atoms with E-state index in [1.165, 1.54) is 148 Å². The quantitative estimate of drug-likeness (QED) is 0.0633. The van der Waals surface area contributed by atoms with Crippen LogP contribution in [-0.2, 0) is 9.59 Å². The third-order valence-electron chi connectivity index (χ3n) is 7.99. The fourth-order valence-corrected chi connectivity index (χ4v) is 5.39. The van der Waals surface area contributed by atoms with E-state index in [-0.39, 0.29) is 11.8 Å². The lowest BCUT2D eigenvalue weighted by Gasteiger charge is -2.09. The van der Waals surface area contributed by atoms with Crippen molar-refractivity contribution in [3.05, 3.63) is 23.8 Å². The topological polar surface area (TPSA) is 86.2 Å². The molecule has 4 N–H and O–H groups in total. The molecule has 0 aromatic rings. The zero-order valence-corrected chi connectivity index (χ0v) is 26.7. The van der Waals surface area contributed by atoms with Crippen molar-refractivity contribution in [1.82, 2.24) is 0 Å². The minimum atomic E-state index is -0.169. The molecule has 0 aromatic carbocycles. The van der Waals surface area contributed by atoms with Crippen molar-refractivity contribution in [2.75, 3.05) is 0 Å². The van der Waals surface area contributed by atoms with E-state index in [1.807, 2.05) is 0 Å². The first-order valence-corrected chi connectivity index (χ1v) is 17.5. The lowest BCUT2D eigenvalue weighted by Crippen LogP contribution is -2.09. The van der Waals surface area contributed by atoms with Crippen LogP contribution >= 0.6 is 0 Å². The van der Waals surface area contributed by atoms with E-state index in [9.17, 15) is 9.59 Å². The predicted octanol–water partition coefficient (Wildman–Crippen LogP) is 10.8. The molecular formula is C36H68N2O2. The van der Waals surface area contributed by atoms with Gasteiger partial charge in [0.15, 0.2) is 0 Å². The maximum Gasteiger partial charge on any atom is 0.217 e. The van der Waals surface area contributed by atoms with Crippen molar-refractivity contribution >= 4 is 11.8 Å². The highest BCUT2D eigenvalue weighted by Gasteiger charge is 2.01. The molecule has 0 aliphatic carbocycles. The number of nitrogens with two attached hydrogens (primary N) is 2. The van der Waals surface area contributed by atoms with Gasteiger partial charge in [0, 0.05) is 12.8 Å². The van der Waals surface area contributed by atoms with Crippen LogP contribution in [0.2, 0.25) is 0 Å². The second-order valence-corrected chi connectivity index (χ2v) is 12.1. The van der Waals surface area contributed by atoms with Crippen molar-refractivity contribution in [3.63, 3.8) is 0 Å². The van der Waals surface area contributed by atoms with Gasteiger partial charge in [-0.3, -0.25) is 9.59 Å². The van der Waals surface area contributed by atoms with Gasteiger partial charge in [0.2, 0.25) is 11.8 Å². The lowest BCUT2D eigenvalue weighted by molar-refractivity contribution is -0.119. The normalized spacial score (nSPS) is 12.0. The standard InChI is InChI=1S/C36H68N2O2/c1-2-3-4-5-19-24-29-34(31-26-21-17-18-23-28-33-36(38)40)30-25-20-15-13-11-9-7-6-8-10-12-14-16-22-27-32-35(37)39/h6,8,31H,2-5,7,9-30,32-33H2,1H3,(H2,37,39)(H2,38,40)/b8-6-,34-31+. The summed E-state index contributed by atoms with van der Waals surface area (Å²) < 4.78 is 0. The predicted molar refractivity (Wildman–Crippen MR) is 175 cm³/mol. The van der Waals surface area contributed by atoms with Gasteiger partial charge < -0.3 is 11.5 Å². The van der Waals surface area contributed by atoms with Crippen LogP contribution in [0.5, 0.6) is 0 Å². The molecule has 0 saturated carbocycles. The third kappa shape index (κ3) is 32.6. The molecule has 0 unspecified atom stereocenters. The van der Waals surface area contributed by atoms with Crippen LogP contribution in [0.25, 0.3) is 0 Å². The van der Waals surface area contributed by atoms with Crippen molar-refractivity contribution in [2.24, 2.45) is 11.5 Å². The van der Waals surface area contributed by atoms with Crippen molar-refractivity contribution in [1.29, 1.82) is 0 Å². The fourth-order valence-electron chi connectivity index (χ4n) is 5.39. The van der Waals surface area contributed by atoms with Gasteiger partial charge in [-0.05, 0) is 77.0 Å². The summed E-state index contributed by atoms with van der Waals surface area (Å²) in [5, 5.41) is 0. The monoisotopic (exact) mass is 561 g/mol. The van der Waals surface area contributed by atoms with Gasteiger partial charge in [-0.15, -0.1) is 0 Å². The second-order valence-electron chi connectivity index (χ2n) is 12.1. The number of unbranched alkanes of at least 4 members (excludes halogenated alkanes) is 21. The Labute approximate surface area is 249 Å². The molecule has 4 heteroatoms. The average molecular weight is 561 g/mol. The Morgan fingerprint density at radius 1 is 0.425 bits per heavy atom. The van der Waals surface area contributed by atoms with Gasteiger partial charge >= 0.3 is 0 Å². The largest absolute Gasteiger partial charge is 0.370 e. The van der Waals surface area contributed by atoms with Crippen LogP contribution in [0, 0.1) is 0 Å². The molecule has 0 heterocycles. The molecule has 0 radical (unpaired) electrons. The van der Waals surface area contributed by atoms with E-state index in [0.29, 0.717) is 12.8 Å². The zero-order chi connectivity index (χ0) is 29.4. The maximum atomic E-state index is 10.8. The number of rotatable bonds is 32. The molecule has 0 atom stereocenters. The summed E-state index contributed by atoms with van der Waals surface area (Å²) in [5.41, 5.74) is 12.1. The van der Waals surface area contributed by atoms with Gasteiger partial charge in [-0.1, -0.05) is 127 Å². The molecule has 0 aromatic heterocycles. The average Bonchev–Trinajstić information content (AvgIpc) is 2.92. The van der Waals surface area contributed by atoms with E-state index < -0.39 is 0 Å². The Morgan fingerprint density at radius 3 is 1.15 bits per heavy atom. The number of hydrogen-bond donors (Lipinski definition) is 2. The summed E-state index contributed by atoms with van der Waals surface area (Å²) in [4.78, 5) is 21.6. The van der Waals surface area contributed by atoms with E-state index in [4.69, 9.17) is 11.5 Å². The molecule has 40 heavy (non-hydrogen) atoms. The van der Waals surface area contributed by atoms with Crippen LogP contribution < -0.4 is 11.5 Å². The van der Waals surface area contributed by atoms with E-state index in [0.717, 1.165) is 25.7 Å². The summed E-state index contributed by atoms with van der Waals surface area (Å²) in [6.07, 6.45) is 42.9. The zero-order valence-electron chi connectivity index (χ0n) is 26.7. The van der Waals surface area contributed by atoms with Crippen molar-refractivity contribution in [3.8, 4) is 0 Å². The minimum absolute atomic E-state index is 0.163. The Kier molecular flexibility index (Phi) is 30.7. The number of carbonyl (C=O) groups is 2. The highest BCUT2D eigenvalue weighted by molar-refractivity contribution is 5.73. The summed E-state index contributed by atoms with van der Waals surface area (Å²) in [6.45, 7) is 2.29. The molecule has 0 aliphatic heterocycles. The first kappa shape index (κ1) is 38.4. The molecule has 4 nitrogen and oxygen atoms in total. The van der Waals surface area contributed by atoms with Gasteiger partial charge in [0.25, 0.3) is 0 Å². The molecule has 0 saturated heterocycles. The first-order chi connectivity index (χ1) is 19.6. The highest BCUT2D eigenvalue weighted by Crippen LogP contribution is 2.20. The highest BCUT2D eigenvalue weighted by atomic mass is 16.1. The van der Waals surface area contributed by atoms with Gasteiger partial charge in [-0.2, -0.15) is 0 Å². The van der Waals surface area contributed by atoms with Crippen molar-refractivity contribution in [2.45, 2.75) is 193 Å². The molecule has 0 spiro atoms.